The summed E-state index contributed by atoms with van der Waals surface area (Å²) >= 11 is 1.79. The molecule has 1 fully saturated rings. The molecule has 0 saturated heterocycles. The van der Waals surface area contributed by atoms with E-state index >= 15 is 0 Å². The maximum atomic E-state index is 4.73. The fraction of sp³-hybridized carbons (Fsp3) is 0.786. The zero-order valence-corrected chi connectivity index (χ0v) is 12.4. The third-order valence-corrected chi connectivity index (χ3v) is 4.14. The van der Waals surface area contributed by atoms with Crippen molar-refractivity contribution >= 4 is 11.3 Å². The van der Waals surface area contributed by atoms with Gasteiger partial charge in [0.15, 0.2) is 0 Å². The Labute approximate surface area is 115 Å². The number of rotatable bonds is 9. The molecule has 0 amide bonds. The number of nitrogens with one attached hydrogen (secondary N) is 1. The molecule has 0 atom stereocenters. The van der Waals surface area contributed by atoms with E-state index in [1.165, 1.54) is 42.9 Å². The third-order valence-electron chi connectivity index (χ3n) is 3.24. The normalized spacial score (nSPS) is 15.5. The van der Waals surface area contributed by atoms with E-state index in [2.05, 4.69) is 29.4 Å². The molecule has 1 aromatic rings. The predicted molar refractivity (Wildman–Crippen MR) is 77.8 cm³/mol. The Balaban J connectivity index is 1.80. The van der Waals surface area contributed by atoms with Crippen LogP contribution >= 0.6 is 11.3 Å². The lowest BCUT2D eigenvalue weighted by Gasteiger charge is -2.19. The summed E-state index contributed by atoms with van der Waals surface area (Å²) in [5, 5.41) is 6.87. The van der Waals surface area contributed by atoms with Gasteiger partial charge in [0.1, 0.15) is 5.01 Å². The van der Waals surface area contributed by atoms with Crippen LogP contribution in [0.25, 0.3) is 0 Å². The lowest BCUT2D eigenvalue weighted by molar-refractivity contribution is 0.252. The quantitative estimate of drug-likeness (QED) is 0.697. The molecule has 102 valence electrons. The number of hydrogen-bond donors (Lipinski definition) is 1. The van der Waals surface area contributed by atoms with Gasteiger partial charge in [-0.25, -0.2) is 4.98 Å². The van der Waals surface area contributed by atoms with Crippen molar-refractivity contribution in [3.05, 3.63) is 16.1 Å². The second kappa shape index (κ2) is 7.22. The van der Waals surface area contributed by atoms with Crippen molar-refractivity contribution < 1.29 is 0 Å². The van der Waals surface area contributed by atoms with Crippen LogP contribution in [0.1, 0.15) is 50.2 Å². The van der Waals surface area contributed by atoms with Gasteiger partial charge in [0.2, 0.25) is 0 Å². The Morgan fingerprint density at radius 3 is 2.89 bits per heavy atom. The van der Waals surface area contributed by atoms with Crippen molar-refractivity contribution in [2.24, 2.45) is 0 Å². The van der Waals surface area contributed by atoms with Crippen LogP contribution in [0.3, 0.4) is 0 Å². The van der Waals surface area contributed by atoms with Crippen molar-refractivity contribution in [2.75, 3.05) is 13.1 Å². The van der Waals surface area contributed by atoms with Gasteiger partial charge in [-0.3, -0.25) is 4.90 Å². The predicted octanol–water partition coefficient (Wildman–Crippen LogP) is 3.02. The van der Waals surface area contributed by atoms with Gasteiger partial charge in [-0.05, 0) is 38.8 Å². The Morgan fingerprint density at radius 1 is 1.39 bits per heavy atom. The minimum Gasteiger partial charge on any atom is -0.310 e. The van der Waals surface area contributed by atoms with Gasteiger partial charge in [-0.15, -0.1) is 11.3 Å². The van der Waals surface area contributed by atoms with Gasteiger partial charge in [0, 0.05) is 24.5 Å². The fourth-order valence-corrected chi connectivity index (χ4v) is 2.96. The summed E-state index contributed by atoms with van der Waals surface area (Å²) < 4.78 is 0. The maximum Gasteiger partial charge on any atom is 0.107 e. The van der Waals surface area contributed by atoms with Crippen molar-refractivity contribution in [1.82, 2.24) is 15.2 Å². The number of hydrogen-bond acceptors (Lipinski definition) is 4. The number of aromatic nitrogens is 1. The van der Waals surface area contributed by atoms with Gasteiger partial charge in [-0.2, -0.15) is 0 Å². The molecule has 0 spiro atoms. The maximum absolute atomic E-state index is 4.73. The Hall–Kier alpha value is -0.450. The minimum absolute atomic E-state index is 0.841. The Morgan fingerprint density at radius 2 is 2.22 bits per heavy atom. The van der Waals surface area contributed by atoms with Gasteiger partial charge >= 0.3 is 0 Å². The first-order chi connectivity index (χ1) is 8.83. The zero-order valence-electron chi connectivity index (χ0n) is 11.6. The molecule has 1 aliphatic carbocycles. The second-order valence-electron chi connectivity index (χ2n) is 5.11. The van der Waals surface area contributed by atoms with Gasteiger partial charge in [-0.1, -0.05) is 13.8 Å². The summed E-state index contributed by atoms with van der Waals surface area (Å²) in [6.07, 6.45) is 5.19. The zero-order chi connectivity index (χ0) is 12.8. The van der Waals surface area contributed by atoms with E-state index in [0.29, 0.717) is 0 Å². The van der Waals surface area contributed by atoms with Crippen molar-refractivity contribution in [3.8, 4) is 0 Å². The smallest absolute Gasteiger partial charge is 0.107 e. The van der Waals surface area contributed by atoms with E-state index in [-0.39, 0.29) is 0 Å². The van der Waals surface area contributed by atoms with Gasteiger partial charge in [0.05, 0.1) is 5.69 Å². The highest BCUT2D eigenvalue weighted by atomic mass is 32.1. The molecule has 1 N–H and O–H groups in total. The molecule has 1 heterocycles. The lowest BCUT2D eigenvalue weighted by Crippen LogP contribution is -2.26. The molecule has 4 heteroatoms. The summed E-state index contributed by atoms with van der Waals surface area (Å²) in [6.45, 7) is 8.72. The van der Waals surface area contributed by atoms with Crippen LogP contribution in [0, 0.1) is 0 Å². The van der Waals surface area contributed by atoms with Crippen LogP contribution < -0.4 is 5.32 Å². The standard InChI is InChI=1S/C14H25N3S/c1-3-7-15-9-14-16-12(11-18-14)10-17(8-4-2)13-5-6-13/h11,13,15H,3-10H2,1-2H3. The molecule has 0 aromatic carbocycles. The highest BCUT2D eigenvalue weighted by Gasteiger charge is 2.28. The molecule has 1 aromatic heterocycles. The average Bonchev–Trinajstić information content (AvgIpc) is 3.12. The van der Waals surface area contributed by atoms with Crippen LogP contribution in [-0.4, -0.2) is 29.0 Å². The van der Waals surface area contributed by atoms with E-state index in [1.54, 1.807) is 11.3 Å². The van der Waals surface area contributed by atoms with E-state index in [1.807, 2.05) is 0 Å². The van der Waals surface area contributed by atoms with Crippen molar-refractivity contribution in [1.29, 1.82) is 0 Å². The van der Waals surface area contributed by atoms with Crippen LogP contribution in [0.2, 0.25) is 0 Å². The SMILES string of the molecule is CCCNCc1nc(CN(CCC)C2CC2)cs1. The molecule has 0 aliphatic heterocycles. The van der Waals surface area contributed by atoms with E-state index in [9.17, 15) is 0 Å². The van der Waals surface area contributed by atoms with Crippen molar-refractivity contribution in [2.45, 2.75) is 58.7 Å². The summed E-state index contributed by atoms with van der Waals surface area (Å²) in [4.78, 5) is 7.32. The molecule has 0 radical (unpaired) electrons. The molecule has 0 unspecified atom stereocenters. The summed E-state index contributed by atoms with van der Waals surface area (Å²) in [7, 11) is 0. The second-order valence-corrected chi connectivity index (χ2v) is 6.05. The largest absolute Gasteiger partial charge is 0.310 e. The lowest BCUT2D eigenvalue weighted by atomic mass is 10.3. The molecule has 1 saturated carbocycles. The van der Waals surface area contributed by atoms with E-state index in [4.69, 9.17) is 4.98 Å². The van der Waals surface area contributed by atoms with Gasteiger partial charge in [0.25, 0.3) is 0 Å². The molecular weight excluding hydrogens is 242 g/mol. The molecule has 0 bridgehead atoms. The number of nitrogens with zero attached hydrogens (tertiary/aromatic N) is 2. The average molecular weight is 267 g/mol. The first-order valence-corrected chi connectivity index (χ1v) is 8.09. The van der Waals surface area contributed by atoms with Crippen LogP contribution in [0.5, 0.6) is 0 Å². The van der Waals surface area contributed by atoms with Crippen LogP contribution in [-0.2, 0) is 13.1 Å². The van der Waals surface area contributed by atoms with E-state index < -0.39 is 0 Å². The van der Waals surface area contributed by atoms with E-state index in [0.717, 1.165) is 25.7 Å². The topological polar surface area (TPSA) is 28.2 Å². The van der Waals surface area contributed by atoms with Gasteiger partial charge < -0.3 is 5.32 Å². The number of thiazole rings is 1. The summed E-state index contributed by atoms with van der Waals surface area (Å²) in [5.74, 6) is 0. The third kappa shape index (κ3) is 4.34. The molecule has 3 nitrogen and oxygen atoms in total. The summed E-state index contributed by atoms with van der Waals surface area (Å²) in [6, 6.07) is 0.841. The Kier molecular flexibility index (Phi) is 5.60. The Bertz CT molecular complexity index is 347. The van der Waals surface area contributed by atoms with Crippen molar-refractivity contribution in [3.63, 3.8) is 0 Å². The van der Waals surface area contributed by atoms with Crippen LogP contribution in [0.15, 0.2) is 5.38 Å². The molecule has 1 aliphatic rings. The van der Waals surface area contributed by atoms with Crippen LogP contribution in [0.4, 0.5) is 0 Å². The minimum atomic E-state index is 0.841. The highest BCUT2D eigenvalue weighted by molar-refractivity contribution is 7.09. The molecule has 18 heavy (non-hydrogen) atoms. The monoisotopic (exact) mass is 267 g/mol. The summed E-state index contributed by atoms with van der Waals surface area (Å²) in [5.41, 5.74) is 1.26. The highest BCUT2D eigenvalue weighted by Crippen LogP contribution is 2.28. The first kappa shape index (κ1) is 14.0. The molecular formula is C14H25N3S. The first-order valence-electron chi connectivity index (χ1n) is 7.21. The molecule has 2 rings (SSSR count). The fourth-order valence-electron chi connectivity index (χ4n) is 2.20.